The minimum atomic E-state index is -4.17. The Morgan fingerprint density at radius 1 is 0.975 bits per heavy atom. The molecule has 1 N–H and O–H groups in total. The molecule has 0 bridgehead atoms. The highest BCUT2D eigenvalue weighted by atomic mass is 79.9. The highest BCUT2D eigenvalue weighted by Gasteiger charge is 2.33. The van der Waals surface area contributed by atoms with E-state index in [1.807, 2.05) is 45.0 Å². The summed E-state index contributed by atoms with van der Waals surface area (Å²) in [5.74, 6) is -0.837. The average molecular weight is 649 g/mol. The van der Waals surface area contributed by atoms with Gasteiger partial charge in [-0.15, -0.1) is 0 Å². The summed E-state index contributed by atoms with van der Waals surface area (Å²) in [4.78, 5) is 28.6. The number of carbonyl (C=O) groups excluding carboxylic acids is 2. The summed E-state index contributed by atoms with van der Waals surface area (Å²) >= 11 is 9.79. The molecule has 0 spiro atoms. The minimum absolute atomic E-state index is 0.0484. The van der Waals surface area contributed by atoms with Gasteiger partial charge in [-0.1, -0.05) is 70.3 Å². The smallest absolute Gasteiger partial charge is 0.264 e. The van der Waals surface area contributed by atoms with Crippen LogP contribution >= 0.6 is 27.5 Å². The average Bonchev–Trinajstić information content (AvgIpc) is 2.92. The number of hydrogen-bond acceptors (Lipinski definition) is 4. The third-order valence-electron chi connectivity index (χ3n) is 6.83. The van der Waals surface area contributed by atoms with Crippen molar-refractivity contribution in [2.24, 2.45) is 0 Å². The van der Waals surface area contributed by atoms with Crippen molar-refractivity contribution in [3.8, 4) is 0 Å². The molecular weight excluding hydrogens is 614 g/mol. The van der Waals surface area contributed by atoms with Crippen LogP contribution in [0.1, 0.15) is 43.9 Å². The molecule has 0 aliphatic carbocycles. The van der Waals surface area contributed by atoms with E-state index in [4.69, 9.17) is 11.6 Å². The number of amides is 2. The zero-order chi connectivity index (χ0) is 29.6. The first-order valence-electron chi connectivity index (χ1n) is 13.0. The molecule has 3 aromatic carbocycles. The van der Waals surface area contributed by atoms with E-state index in [2.05, 4.69) is 21.2 Å². The predicted molar refractivity (Wildman–Crippen MR) is 164 cm³/mol. The number of nitrogens with zero attached hydrogens (tertiary/aromatic N) is 2. The van der Waals surface area contributed by atoms with Crippen molar-refractivity contribution in [1.82, 2.24) is 10.2 Å². The van der Waals surface area contributed by atoms with E-state index in [1.165, 1.54) is 17.0 Å². The van der Waals surface area contributed by atoms with Gasteiger partial charge in [0.2, 0.25) is 11.8 Å². The quantitative estimate of drug-likeness (QED) is 0.267. The number of sulfonamides is 1. The summed E-state index contributed by atoms with van der Waals surface area (Å²) in [5, 5.41) is 3.31. The Hall–Kier alpha value is -2.88. The molecule has 7 nitrogen and oxygen atoms in total. The number of anilines is 1. The summed E-state index contributed by atoms with van der Waals surface area (Å²) in [7, 11) is -4.17. The van der Waals surface area contributed by atoms with Crippen LogP contribution in [-0.4, -0.2) is 43.8 Å². The molecule has 0 radical (unpaired) electrons. The maximum Gasteiger partial charge on any atom is 0.264 e. The Kier molecular flexibility index (Phi) is 10.8. The number of hydrogen-bond donors (Lipinski definition) is 1. The Morgan fingerprint density at radius 3 is 2.20 bits per heavy atom. The molecule has 0 aliphatic rings. The van der Waals surface area contributed by atoms with Gasteiger partial charge in [0.1, 0.15) is 12.6 Å². The fourth-order valence-electron chi connectivity index (χ4n) is 4.05. The first kappa shape index (κ1) is 31.6. The Bertz CT molecular complexity index is 1450. The normalized spacial score (nSPS) is 12.9. The molecule has 0 saturated carbocycles. The van der Waals surface area contributed by atoms with Crippen molar-refractivity contribution in [3.63, 3.8) is 0 Å². The predicted octanol–water partition coefficient (Wildman–Crippen LogP) is 6.25. The number of aryl methyl sites for hydroxylation is 1. The summed E-state index contributed by atoms with van der Waals surface area (Å²) in [5.41, 5.74) is 2.52. The lowest BCUT2D eigenvalue weighted by Gasteiger charge is -2.33. The van der Waals surface area contributed by atoms with Gasteiger partial charge in [-0.05, 0) is 81.6 Å². The molecule has 0 fully saturated rings. The second-order valence-corrected chi connectivity index (χ2v) is 13.0. The van der Waals surface area contributed by atoms with Crippen LogP contribution in [0.4, 0.5) is 5.69 Å². The van der Waals surface area contributed by atoms with E-state index in [0.717, 1.165) is 26.3 Å². The number of nitrogens with one attached hydrogen (secondary N) is 1. The number of carbonyl (C=O) groups is 2. The molecule has 2 unspecified atom stereocenters. The minimum Gasteiger partial charge on any atom is -0.352 e. The van der Waals surface area contributed by atoms with E-state index >= 15 is 0 Å². The maximum atomic E-state index is 14.0. The first-order chi connectivity index (χ1) is 18.8. The van der Waals surface area contributed by atoms with Crippen molar-refractivity contribution in [2.75, 3.05) is 10.8 Å². The van der Waals surface area contributed by atoms with Crippen molar-refractivity contribution >= 4 is 55.1 Å². The molecule has 2 atom stereocenters. The summed E-state index contributed by atoms with van der Waals surface area (Å²) in [6.45, 7) is 8.68. The van der Waals surface area contributed by atoms with E-state index in [1.54, 1.807) is 44.2 Å². The largest absolute Gasteiger partial charge is 0.352 e. The van der Waals surface area contributed by atoms with Crippen molar-refractivity contribution in [1.29, 1.82) is 0 Å². The van der Waals surface area contributed by atoms with Gasteiger partial charge >= 0.3 is 0 Å². The third-order valence-corrected chi connectivity index (χ3v) is 9.54. The van der Waals surface area contributed by atoms with Crippen LogP contribution in [0.15, 0.2) is 76.1 Å². The summed E-state index contributed by atoms with van der Waals surface area (Å²) in [6.07, 6.45) is 0.732. The lowest BCUT2D eigenvalue weighted by Crippen LogP contribution is -2.52. The molecule has 3 aromatic rings. The highest BCUT2D eigenvalue weighted by molar-refractivity contribution is 9.10. The SMILES string of the molecule is CCC(C)NC(=O)C(C)N(Cc1ccc(Br)cc1)C(=O)CN(c1cccc(Cl)c1C)S(=O)(=O)c1ccc(C)cc1. The van der Waals surface area contributed by atoms with Crippen LogP contribution < -0.4 is 9.62 Å². The lowest BCUT2D eigenvalue weighted by molar-refractivity contribution is -0.139. The molecule has 0 saturated heterocycles. The van der Waals surface area contributed by atoms with Crippen molar-refractivity contribution in [2.45, 2.75) is 64.6 Å². The van der Waals surface area contributed by atoms with Gasteiger partial charge in [-0.25, -0.2) is 8.42 Å². The van der Waals surface area contributed by atoms with Crippen LogP contribution in [0, 0.1) is 13.8 Å². The van der Waals surface area contributed by atoms with E-state index < -0.39 is 28.5 Å². The molecule has 3 rings (SSSR count). The molecule has 0 aromatic heterocycles. The van der Waals surface area contributed by atoms with E-state index in [-0.39, 0.29) is 23.4 Å². The Morgan fingerprint density at radius 2 is 1.60 bits per heavy atom. The van der Waals surface area contributed by atoms with Crippen molar-refractivity contribution < 1.29 is 18.0 Å². The van der Waals surface area contributed by atoms with E-state index in [0.29, 0.717) is 16.3 Å². The van der Waals surface area contributed by atoms with Gasteiger partial charge < -0.3 is 10.2 Å². The van der Waals surface area contributed by atoms with Gasteiger partial charge in [0.05, 0.1) is 10.6 Å². The fourth-order valence-corrected chi connectivity index (χ4v) is 5.96. The fraction of sp³-hybridized carbons (Fsp3) is 0.333. The van der Waals surface area contributed by atoms with Crippen LogP contribution in [-0.2, 0) is 26.2 Å². The van der Waals surface area contributed by atoms with Gasteiger partial charge in [0.15, 0.2) is 0 Å². The second-order valence-electron chi connectivity index (χ2n) is 9.85. The molecule has 214 valence electrons. The highest BCUT2D eigenvalue weighted by Crippen LogP contribution is 2.31. The molecular formula is C30H35BrClN3O4S. The van der Waals surface area contributed by atoms with E-state index in [9.17, 15) is 18.0 Å². The third kappa shape index (κ3) is 7.65. The zero-order valence-corrected chi connectivity index (χ0v) is 26.5. The first-order valence-corrected chi connectivity index (χ1v) is 15.6. The lowest BCUT2D eigenvalue weighted by atomic mass is 10.1. The zero-order valence-electron chi connectivity index (χ0n) is 23.3. The molecule has 2 amide bonds. The van der Waals surface area contributed by atoms with Gasteiger partial charge in [-0.2, -0.15) is 0 Å². The molecule has 0 aliphatic heterocycles. The van der Waals surface area contributed by atoms with Crippen LogP contribution in [0.3, 0.4) is 0 Å². The standard InChI is InChI=1S/C30H35BrClN3O4S/c1-6-21(3)33-30(37)23(5)34(18-24-12-14-25(31)15-13-24)29(36)19-35(28-9-7-8-27(32)22(28)4)40(38,39)26-16-10-20(2)11-17-26/h7-17,21,23H,6,18-19H2,1-5H3,(H,33,37). The Balaban J connectivity index is 2.06. The van der Waals surface area contributed by atoms with Crippen LogP contribution in [0.5, 0.6) is 0 Å². The number of rotatable bonds is 11. The number of halogens is 2. The monoisotopic (exact) mass is 647 g/mol. The number of benzene rings is 3. The van der Waals surface area contributed by atoms with Crippen molar-refractivity contribution in [3.05, 3.63) is 92.9 Å². The second kappa shape index (κ2) is 13.7. The molecule has 0 heterocycles. The maximum absolute atomic E-state index is 14.0. The summed E-state index contributed by atoms with van der Waals surface area (Å²) in [6, 6.07) is 17.9. The molecule has 10 heteroatoms. The van der Waals surface area contributed by atoms with Gasteiger partial charge in [0, 0.05) is 22.1 Å². The molecule has 40 heavy (non-hydrogen) atoms. The topological polar surface area (TPSA) is 86.8 Å². The van der Waals surface area contributed by atoms with Crippen LogP contribution in [0.2, 0.25) is 5.02 Å². The van der Waals surface area contributed by atoms with Gasteiger partial charge in [-0.3, -0.25) is 13.9 Å². The van der Waals surface area contributed by atoms with Crippen LogP contribution in [0.25, 0.3) is 0 Å². The Labute approximate surface area is 250 Å². The summed E-state index contributed by atoms with van der Waals surface area (Å²) < 4.78 is 29.9. The van der Waals surface area contributed by atoms with Gasteiger partial charge in [0.25, 0.3) is 10.0 Å².